The van der Waals surface area contributed by atoms with E-state index in [-0.39, 0.29) is 30.0 Å². The molecule has 1 amide bonds. The molecule has 1 aliphatic rings. The van der Waals surface area contributed by atoms with Crippen LogP contribution in [-0.2, 0) is 17.8 Å². The van der Waals surface area contributed by atoms with Crippen LogP contribution in [0.15, 0.2) is 21.0 Å². The van der Waals surface area contributed by atoms with Gasteiger partial charge < -0.3 is 10.6 Å². The first-order valence-corrected chi connectivity index (χ1v) is 11.1. The summed E-state index contributed by atoms with van der Waals surface area (Å²) < 4.78 is 1.35. The van der Waals surface area contributed by atoms with Gasteiger partial charge >= 0.3 is 5.69 Å². The lowest BCUT2D eigenvalue weighted by atomic mass is 10.0. The fraction of sp³-hybridized carbons (Fsp3) is 0.550. The Bertz CT molecular complexity index is 993. The van der Waals surface area contributed by atoms with E-state index in [0.29, 0.717) is 13.1 Å². The van der Waals surface area contributed by atoms with Gasteiger partial charge in [-0.3, -0.25) is 24.0 Å². The fourth-order valence-electron chi connectivity index (χ4n) is 4.02. The number of aromatic amines is 1. The van der Waals surface area contributed by atoms with Crippen molar-refractivity contribution < 1.29 is 9.69 Å². The van der Waals surface area contributed by atoms with Gasteiger partial charge in [0.25, 0.3) is 11.5 Å². The Kier molecular flexibility index (Phi) is 6.59. The van der Waals surface area contributed by atoms with Crippen molar-refractivity contribution in [1.29, 1.82) is 0 Å². The third kappa shape index (κ3) is 4.16. The first kappa shape index (κ1) is 21.3. The molecule has 29 heavy (non-hydrogen) atoms. The maximum absolute atomic E-state index is 13.2. The number of nitrogen functional groups attached to an aromatic ring is 1. The van der Waals surface area contributed by atoms with E-state index in [0.717, 1.165) is 25.8 Å². The van der Waals surface area contributed by atoms with Crippen LogP contribution in [0.1, 0.15) is 50.1 Å². The monoisotopic (exact) mass is 420 g/mol. The largest absolute Gasteiger partial charge is 0.383 e. The van der Waals surface area contributed by atoms with Crippen molar-refractivity contribution in [2.24, 2.45) is 0 Å². The van der Waals surface area contributed by atoms with E-state index >= 15 is 0 Å². The summed E-state index contributed by atoms with van der Waals surface area (Å²) in [5.74, 6) is -0.102. The second kappa shape index (κ2) is 8.96. The molecule has 9 heteroatoms. The molecular formula is C20H30N5O3S+. The average molecular weight is 421 g/mol. The van der Waals surface area contributed by atoms with E-state index in [9.17, 15) is 14.4 Å². The van der Waals surface area contributed by atoms with Gasteiger partial charge in [-0.1, -0.05) is 13.3 Å². The zero-order valence-corrected chi connectivity index (χ0v) is 18.1. The lowest BCUT2D eigenvalue weighted by molar-refractivity contribution is -0.924. The molecule has 2 aromatic rings. The second-order valence-electron chi connectivity index (χ2n) is 7.49. The van der Waals surface area contributed by atoms with Crippen molar-refractivity contribution in [2.75, 3.05) is 30.3 Å². The van der Waals surface area contributed by atoms with Gasteiger partial charge in [0.1, 0.15) is 11.9 Å². The number of unbranched alkanes of at least 4 members (excludes halogenated alkanes) is 1. The quantitative estimate of drug-likeness (QED) is 0.608. The summed E-state index contributed by atoms with van der Waals surface area (Å²) in [7, 11) is 0. The van der Waals surface area contributed by atoms with Crippen LogP contribution in [0.2, 0.25) is 0 Å². The fourth-order valence-corrected chi connectivity index (χ4v) is 5.00. The molecule has 0 aromatic carbocycles. The van der Waals surface area contributed by atoms with Crippen molar-refractivity contribution in [3.8, 4) is 0 Å². The molecule has 3 heterocycles. The Balaban J connectivity index is 1.87. The molecule has 0 saturated carbocycles. The number of nitrogens with two attached hydrogens (primary N) is 1. The number of carbonyl (C=O) groups is 1. The van der Waals surface area contributed by atoms with E-state index in [1.54, 1.807) is 11.3 Å². The highest BCUT2D eigenvalue weighted by molar-refractivity contribution is 7.10. The van der Waals surface area contributed by atoms with Crippen molar-refractivity contribution in [3.05, 3.63) is 42.7 Å². The highest BCUT2D eigenvalue weighted by Gasteiger charge is 2.32. The minimum Gasteiger partial charge on any atom is -0.383 e. The number of likely N-dealkylation sites (N-methyl/N-ethyl adjacent to an activating group) is 1. The standard InChI is InChI=1S/C20H29N5O3S/c1-4-6-9-25-18(21)17(19(27)22-20(25)28)24(5-2)16(26)12-23-10-7-15-14(13(23)3)8-11-29-15/h8,11,13H,4-7,9-10,12,21H2,1-3H3,(H,22,27,28)/p+1/t13-/m1/s1. The van der Waals surface area contributed by atoms with Crippen molar-refractivity contribution in [2.45, 2.75) is 52.6 Å². The number of quaternary nitrogens is 1. The molecule has 2 atom stereocenters. The number of nitrogens with zero attached hydrogens (tertiary/aromatic N) is 2. The molecule has 8 nitrogen and oxygen atoms in total. The Labute approximate surface area is 173 Å². The van der Waals surface area contributed by atoms with Crippen LogP contribution in [-0.4, -0.2) is 35.1 Å². The van der Waals surface area contributed by atoms with Crippen LogP contribution >= 0.6 is 11.3 Å². The van der Waals surface area contributed by atoms with Crippen molar-refractivity contribution in [1.82, 2.24) is 9.55 Å². The van der Waals surface area contributed by atoms with Crippen LogP contribution in [0.3, 0.4) is 0 Å². The molecule has 0 bridgehead atoms. The molecule has 0 spiro atoms. The minimum absolute atomic E-state index is 0.0595. The van der Waals surface area contributed by atoms with Gasteiger partial charge in [-0.15, -0.1) is 11.3 Å². The van der Waals surface area contributed by atoms with E-state index in [2.05, 4.69) is 23.4 Å². The van der Waals surface area contributed by atoms with Crippen molar-refractivity contribution in [3.63, 3.8) is 0 Å². The number of hydrogen-bond acceptors (Lipinski definition) is 5. The SMILES string of the molecule is CCCCn1c(N)c(N(CC)C(=O)C[NH+]2CCc3sccc3[C@H]2C)c(=O)[nH]c1=O. The zero-order valence-electron chi connectivity index (χ0n) is 17.3. The minimum atomic E-state index is -0.614. The third-order valence-electron chi connectivity index (χ3n) is 5.75. The topological polar surface area (TPSA) is 106 Å². The van der Waals surface area contributed by atoms with Gasteiger partial charge in [-0.25, -0.2) is 4.79 Å². The normalized spacial score (nSPS) is 18.4. The number of hydrogen-bond donors (Lipinski definition) is 3. The third-order valence-corrected chi connectivity index (χ3v) is 6.74. The number of H-pyrrole nitrogens is 1. The number of carbonyl (C=O) groups excluding carboxylic acids is 1. The summed E-state index contributed by atoms with van der Waals surface area (Å²) in [6.07, 6.45) is 2.60. The van der Waals surface area contributed by atoms with Gasteiger partial charge in [-0.2, -0.15) is 0 Å². The Morgan fingerprint density at radius 1 is 1.41 bits per heavy atom. The van der Waals surface area contributed by atoms with Gasteiger partial charge in [0.2, 0.25) is 0 Å². The molecule has 1 unspecified atom stereocenters. The summed E-state index contributed by atoms with van der Waals surface area (Å²) in [5, 5.41) is 2.10. The Morgan fingerprint density at radius 2 is 2.17 bits per heavy atom. The van der Waals surface area contributed by atoms with Crippen LogP contribution in [0.4, 0.5) is 11.5 Å². The van der Waals surface area contributed by atoms with Gasteiger partial charge in [-0.05, 0) is 31.7 Å². The molecule has 2 aromatic heterocycles. The van der Waals surface area contributed by atoms with Crippen molar-refractivity contribution >= 4 is 28.7 Å². The van der Waals surface area contributed by atoms with Gasteiger partial charge in [0.15, 0.2) is 12.2 Å². The van der Waals surface area contributed by atoms with Crippen LogP contribution in [0, 0.1) is 0 Å². The molecule has 0 aliphatic carbocycles. The average Bonchev–Trinajstić information content (AvgIpc) is 3.16. The van der Waals surface area contributed by atoms with E-state index in [1.165, 1.54) is 24.8 Å². The zero-order chi connectivity index (χ0) is 21.1. The molecule has 0 radical (unpaired) electrons. The smallest absolute Gasteiger partial charge is 0.330 e. The maximum atomic E-state index is 13.2. The van der Waals surface area contributed by atoms with Gasteiger partial charge in [0, 0.05) is 30.0 Å². The predicted molar refractivity (Wildman–Crippen MR) is 116 cm³/mol. The molecular weight excluding hydrogens is 390 g/mol. The van der Waals surface area contributed by atoms with Crippen LogP contribution < -0.4 is 26.8 Å². The Morgan fingerprint density at radius 3 is 2.86 bits per heavy atom. The van der Waals surface area contributed by atoms with Gasteiger partial charge in [0.05, 0.1) is 6.54 Å². The number of aromatic nitrogens is 2. The second-order valence-corrected chi connectivity index (χ2v) is 8.49. The maximum Gasteiger partial charge on any atom is 0.330 e. The number of thiophene rings is 1. The number of amides is 1. The van der Waals surface area contributed by atoms with E-state index in [1.807, 2.05) is 13.8 Å². The highest BCUT2D eigenvalue weighted by atomic mass is 32.1. The number of rotatable bonds is 7. The first-order chi connectivity index (χ1) is 13.9. The predicted octanol–water partition coefficient (Wildman–Crippen LogP) is 0.536. The molecule has 4 N–H and O–H groups in total. The summed E-state index contributed by atoms with van der Waals surface area (Å²) in [5.41, 5.74) is 6.43. The molecule has 3 rings (SSSR count). The summed E-state index contributed by atoms with van der Waals surface area (Å²) >= 11 is 1.77. The highest BCUT2D eigenvalue weighted by Crippen LogP contribution is 2.24. The number of anilines is 2. The van der Waals surface area contributed by atoms with E-state index < -0.39 is 11.2 Å². The number of nitrogens with one attached hydrogen (secondary N) is 2. The van der Waals surface area contributed by atoms with Crippen LogP contribution in [0.25, 0.3) is 0 Å². The summed E-state index contributed by atoms with van der Waals surface area (Å²) in [6, 6.07) is 2.36. The molecule has 0 saturated heterocycles. The first-order valence-electron chi connectivity index (χ1n) is 10.2. The molecule has 1 aliphatic heterocycles. The summed E-state index contributed by atoms with van der Waals surface area (Å²) in [4.78, 5) is 44.2. The number of fused-ring (bicyclic) bond motifs is 1. The lowest BCUT2D eigenvalue weighted by Crippen LogP contribution is -3.14. The van der Waals surface area contributed by atoms with E-state index in [4.69, 9.17) is 5.73 Å². The summed E-state index contributed by atoms with van der Waals surface area (Å²) in [6.45, 7) is 7.82. The lowest BCUT2D eigenvalue weighted by Gasteiger charge is -2.32. The molecule has 158 valence electrons. The molecule has 0 fully saturated rings. The van der Waals surface area contributed by atoms with Crippen LogP contribution in [0.5, 0.6) is 0 Å². The Hall–Kier alpha value is -2.39.